The van der Waals surface area contributed by atoms with Crippen molar-refractivity contribution in [3.8, 4) is 5.75 Å². The molecule has 2 fully saturated rings. The molecule has 2 saturated carbocycles. The summed E-state index contributed by atoms with van der Waals surface area (Å²) in [7, 11) is 0. The number of nitrogens with zero attached hydrogens (tertiary/aromatic N) is 1. The average Bonchev–Trinajstić information content (AvgIpc) is 3.37. The molecule has 5 nitrogen and oxygen atoms in total. The number of ether oxygens (including phenoxy) is 2. The molecule has 182 valence electrons. The van der Waals surface area contributed by atoms with Crippen LogP contribution in [-0.4, -0.2) is 30.2 Å². The van der Waals surface area contributed by atoms with E-state index in [-0.39, 0.29) is 23.8 Å². The van der Waals surface area contributed by atoms with Crippen molar-refractivity contribution in [1.82, 2.24) is 0 Å². The van der Waals surface area contributed by atoms with Gasteiger partial charge in [-0.2, -0.15) is 0 Å². The van der Waals surface area contributed by atoms with E-state index in [4.69, 9.17) is 14.5 Å². The number of fused-ring (bicyclic) bond motifs is 1. The lowest BCUT2D eigenvalue weighted by atomic mass is 9.66. The predicted octanol–water partition coefficient (Wildman–Crippen LogP) is 6.15. The first-order valence-corrected chi connectivity index (χ1v) is 12.8. The van der Waals surface area contributed by atoms with Crippen molar-refractivity contribution in [2.24, 2.45) is 10.9 Å². The van der Waals surface area contributed by atoms with Gasteiger partial charge >= 0.3 is 5.97 Å². The first kappa shape index (κ1) is 23.5. The van der Waals surface area contributed by atoms with Gasteiger partial charge in [-0.25, -0.2) is 4.79 Å². The van der Waals surface area contributed by atoms with Crippen LogP contribution in [0.2, 0.25) is 0 Å². The average molecular weight is 472 g/mol. The quantitative estimate of drug-likeness (QED) is 0.474. The van der Waals surface area contributed by atoms with E-state index in [1.807, 2.05) is 56.3 Å². The summed E-state index contributed by atoms with van der Waals surface area (Å²) in [5, 5.41) is 0. The van der Waals surface area contributed by atoms with Crippen molar-refractivity contribution >= 4 is 17.5 Å². The van der Waals surface area contributed by atoms with Crippen LogP contribution in [0.3, 0.4) is 0 Å². The highest BCUT2D eigenvalue weighted by molar-refractivity contribution is 6.12. The first-order chi connectivity index (χ1) is 17.0. The van der Waals surface area contributed by atoms with Crippen molar-refractivity contribution in [1.29, 1.82) is 0 Å². The number of rotatable bonds is 6. The smallest absolute Gasteiger partial charge is 0.336 e. The molecule has 5 rings (SSSR count). The van der Waals surface area contributed by atoms with Gasteiger partial charge in [0.1, 0.15) is 17.6 Å². The zero-order chi connectivity index (χ0) is 24.4. The Hall–Kier alpha value is -3.21. The van der Waals surface area contributed by atoms with Gasteiger partial charge in [0.25, 0.3) is 0 Å². The van der Waals surface area contributed by atoms with Gasteiger partial charge in [-0.05, 0) is 75.1 Å². The number of hydrogen-bond acceptors (Lipinski definition) is 5. The number of ketones is 1. The molecule has 0 saturated heterocycles. The first-order valence-electron chi connectivity index (χ1n) is 12.8. The van der Waals surface area contributed by atoms with E-state index < -0.39 is 11.8 Å². The Morgan fingerprint density at radius 1 is 0.943 bits per heavy atom. The van der Waals surface area contributed by atoms with Gasteiger partial charge in [0.05, 0.1) is 18.1 Å². The number of Topliss-reactive ketones (excluding diaryl/α,β-unsaturated/α-hetero) is 1. The van der Waals surface area contributed by atoms with E-state index in [0.717, 1.165) is 54.7 Å². The van der Waals surface area contributed by atoms with Crippen LogP contribution in [0.1, 0.15) is 75.3 Å². The fourth-order valence-corrected chi connectivity index (χ4v) is 5.92. The second kappa shape index (κ2) is 10.2. The highest BCUT2D eigenvalue weighted by Crippen LogP contribution is 2.46. The summed E-state index contributed by atoms with van der Waals surface area (Å²) < 4.78 is 11.6. The van der Waals surface area contributed by atoms with E-state index in [1.165, 1.54) is 0 Å². The number of allylic oxidation sites excluding steroid dienone is 1. The molecule has 2 aliphatic carbocycles. The van der Waals surface area contributed by atoms with E-state index in [2.05, 4.69) is 12.1 Å². The van der Waals surface area contributed by atoms with E-state index in [9.17, 15) is 9.59 Å². The Morgan fingerprint density at radius 3 is 2.34 bits per heavy atom. The second-order valence-corrected chi connectivity index (χ2v) is 9.85. The van der Waals surface area contributed by atoms with E-state index in [0.29, 0.717) is 24.3 Å². The van der Waals surface area contributed by atoms with Gasteiger partial charge in [-0.1, -0.05) is 42.5 Å². The van der Waals surface area contributed by atoms with Gasteiger partial charge in [-0.15, -0.1) is 0 Å². The number of benzene rings is 2. The molecule has 2 aromatic rings. The lowest BCUT2D eigenvalue weighted by molar-refractivity contribution is -0.144. The third-order valence-corrected chi connectivity index (χ3v) is 7.57. The molecule has 0 N–H and O–H groups in total. The summed E-state index contributed by atoms with van der Waals surface area (Å²) >= 11 is 0. The molecule has 0 radical (unpaired) electrons. The minimum absolute atomic E-state index is 0.0429. The lowest BCUT2D eigenvalue weighted by Crippen LogP contribution is -2.41. The Labute approximate surface area is 207 Å². The van der Waals surface area contributed by atoms with Crippen molar-refractivity contribution in [3.63, 3.8) is 0 Å². The van der Waals surface area contributed by atoms with Crippen LogP contribution < -0.4 is 4.74 Å². The molecule has 5 heteroatoms. The number of hydrogen-bond donors (Lipinski definition) is 0. The molecule has 0 spiro atoms. The minimum atomic E-state index is -0.442. The van der Waals surface area contributed by atoms with Crippen LogP contribution in [0.5, 0.6) is 5.75 Å². The standard InChI is InChI=1S/C30H33NO4/c1-3-34-23-15-13-21(14-16-23)28-27(30(33)35-24-11-7-8-12-24)19(2)31-25-17-22(18-26(32)29(25)28)20-9-5-4-6-10-20/h4-6,9-10,13-16,22,24,28-29H,3,7-8,11-12,17-18H2,1-2H3/t22-,28-,29?/m1/s1. The summed E-state index contributed by atoms with van der Waals surface area (Å²) in [5.41, 5.74) is 4.16. The monoisotopic (exact) mass is 471 g/mol. The number of carbonyl (C=O) groups excluding carboxylic acids is 2. The lowest BCUT2D eigenvalue weighted by Gasteiger charge is -2.38. The summed E-state index contributed by atoms with van der Waals surface area (Å²) in [4.78, 5) is 32.1. The number of aliphatic imine (C=N–C) groups is 1. The molecule has 3 aliphatic rings. The summed E-state index contributed by atoms with van der Waals surface area (Å²) in [5.74, 6) is -0.134. The Bertz CT molecular complexity index is 1140. The SMILES string of the molecule is CCOc1ccc([C@@H]2C(C(=O)OC3CCCC3)=C(C)N=C3C[C@@H](c4ccccc4)CC(=O)C32)cc1. The molecule has 0 amide bonds. The molecular weight excluding hydrogens is 438 g/mol. The molecule has 1 heterocycles. The van der Waals surface area contributed by atoms with E-state index in [1.54, 1.807) is 0 Å². The molecule has 35 heavy (non-hydrogen) atoms. The minimum Gasteiger partial charge on any atom is -0.494 e. The van der Waals surface area contributed by atoms with Crippen molar-refractivity contribution in [2.45, 2.75) is 70.3 Å². The Balaban J connectivity index is 1.53. The second-order valence-electron chi connectivity index (χ2n) is 9.85. The zero-order valence-corrected chi connectivity index (χ0v) is 20.5. The van der Waals surface area contributed by atoms with Gasteiger partial charge in [0.2, 0.25) is 0 Å². The van der Waals surface area contributed by atoms with Gasteiger partial charge in [0, 0.05) is 23.7 Å². The molecular formula is C30H33NO4. The third kappa shape index (κ3) is 4.82. The predicted molar refractivity (Wildman–Crippen MR) is 136 cm³/mol. The zero-order valence-electron chi connectivity index (χ0n) is 20.5. The number of esters is 1. The fraction of sp³-hybridized carbons (Fsp3) is 0.433. The van der Waals surface area contributed by atoms with Crippen LogP contribution >= 0.6 is 0 Å². The van der Waals surface area contributed by atoms with Crippen molar-refractivity contribution < 1.29 is 19.1 Å². The van der Waals surface area contributed by atoms with Crippen LogP contribution in [0, 0.1) is 5.92 Å². The van der Waals surface area contributed by atoms with Crippen molar-refractivity contribution in [3.05, 3.63) is 77.0 Å². The molecule has 1 aliphatic heterocycles. The molecule has 0 bridgehead atoms. The Morgan fingerprint density at radius 2 is 1.66 bits per heavy atom. The summed E-state index contributed by atoms with van der Waals surface area (Å²) in [6.07, 6.45) is 5.11. The Kier molecular flexibility index (Phi) is 6.85. The topological polar surface area (TPSA) is 65.0 Å². The van der Waals surface area contributed by atoms with Crippen molar-refractivity contribution in [2.75, 3.05) is 6.61 Å². The fourth-order valence-electron chi connectivity index (χ4n) is 5.92. The summed E-state index contributed by atoms with van der Waals surface area (Å²) in [6, 6.07) is 18.0. The highest BCUT2D eigenvalue weighted by atomic mass is 16.5. The van der Waals surface area contributed by atoms with Gasteiger partial charge in [0.15, 0.2) is 0 Å². The largest absolute Gasteiger partial charge is 0.494 e. The maximum Gasteiger partial charge on any atom is 0.336 e. The van der Waals surface area contributed by atoms with Crippen LogP contribution in [-0.2, 0) is 14.3 Å². The molecule has 3 atom stereocenters. The number of carbonyl (C=O) groups is 2. The summed E-state index contributed by atoms with van der Waals surface area (Å²) in [6.45, 7) is 4.41. The molecule has 0 aromatic heterocycles. The van der Waals surface area contributed by atoms with Crippen LogP contribution in [0.25, 0.3) is 0 Å². The van der Waals surface area contributed by atoms with Crippen LogP contribution in [0.4, 0.5) is 0 Å². The maximum absolute atomic E-state index is 13.7. The van der Waals surface area contributed by atoms with Gasteiger partial charge < -0.3 is 9.47 Å². The van der Waals surface area contributed by atoms with E-state index >= 15 is 0 Å². The van der Waals surface area contributed by atoms with Crippen LogP contribution in [0.15, 0.2) is 70.9 Å². The normalized spacial score (nSPS) is 24.7. The third-order valence-electron chi connectivity index (χ3n) is 7.57. The molecule has 2 aromatic carbocycles. The highest BCUT2D eigenvalue weighted by Gasteiger charge is 2.46. The van der Waals surface area contributed by atoms with Gasteiger partial charge in [-0.3, -0.25) is 9.79 Å². The molecule has 1 unspecified atom stereocenters. The maximum atomic E-state index is 13.7.